The smallest absolute Gasteiger partial charge is 0.266 e. The van der Waals surface area contributed by atoms with Gasteiger partial charge in [0.15, 0.2) is 17.0 Å². The molecule has 2 rings (SSSR count). The predicted octanol–water partition coefficient (Wildman–Crippen LogP) is 3.37. The lowest BCUT2D eigenvalue weighted by atomic mass is 10.1. The lowest BCUT2D eigenvalue weighted by Crippen LogP contribution is -2.30. The van der Waals surface area contributed by atoms with Crippen molar-refractivity contribution >= 4 is 28.2 Å². The Morgan fingerprint density at radius 2 is 2.05 bits per heavy atom. The zero-order valence-electron chi connectivity index (χ0n) is 13.0. The van der Waals surface area contributed by atoms with Crippen LogP contribution < -0.4 is 10.1 Å². The molecule has 1 atom stereocenters. The first kappa shape index (κ1) is 16.2. The third-order valence-electron chi connectivity index (χ3n) is 3.32. The Bertz CT molecular complexity index is 709. The van der Waals surface area contributed by atoms with Crippen LogP contribution in [0.15, 0.2) is 23.6 Å². The van der Waals surface area contributed by atoms with E-state index in [1.165, 1.54) is 18.3 Å². The lowest BCUT2D eigenvalue weighted by molar-refractivity contribution is -0.122. The van der Waals surface area contributed by atoms with Crippen LogP contribution >= 0.6 is 11.3 Å². The highest BCUT2D eigenvalue weighted by Gasteiger charge is 2.18. The summed E-state index contributed by atoms with van der Waals surface area (Å²) in [5.41, 5.74) is 2.47. The molecule has 2 aromatic rings. The molecule has 1 aromatic carbocycles. The number of hydrogen-bond acceptors (Lipinski definition) is 5. The Morgan fingerprint density at radius 3 is 2.68 bits per heavy atom. The van der Waals surface area contributed by atoms with Crippen LogP contribution in [0.4, 0.5) is 5.13 Å². The molecular formula is C16H18N2O3S. The first-order valence-corrected chi connectivity index (χ1v) is 7.76. The molecule has 6 heteroatoms. The van der Waals surface area contributed by atoms with E-state index in [1.54, 1.807) is 12.3 Å². The summed E-state index contributed by atoms with van der Waals surface area (Å²) in [5, 5.41) is 4.68. The molecule has 0 radical (unpaired) electrons. The molecule has 5 nitrogen and oxygen atoms in total. The Morgan fingerprint density at radius 1 is 1.32 bits per heavy atom. The summed E-state index contributed by atoms with van der Waals surface area (Å²) in [6, 6.07) is 5.72. The number of thiazole rings is 1. The van der Waals surface area contributed by atoms with E-state index < -0.39 is 6.10 Å². The molecule has 0 saturated heterocycles. The number of ether oxygens (including phenoxy) is 1. The van der Waals surface area contributed by atoms with Gasteiger partial charge in [-0.05, 0) is 38.0 Å². The summed E-state index contributed by atoms with van der Waals surface area (Å²) in [7, 11) is 0. The average molecular weight is 318 g/mol. The van der Waals surface area contributed by atoms with Crippen LogP contribution in [0.25, 0.3) is 0 Å². The number of carbonyl (C=O) groups is 2. The number of anilines is 1. The van der Waals surface area contributed by atoms with Crippen molar-refractivity contribution in [1.29, 1.82) is 0 Å². The highest BCUT2D eigenvalue weighted by atomic mass is 32.1. The Labute approximate surface area is 133 Å². The SMILES string of the molecule is CC(=O)c1csc(NC(=O)C(C)Oc2cccc(C)c2C)n1. The van der Waals surface area contributed by atoms with Crippen LogP contribution in [0, 0.1) is 13.8 Å². The zero-order chi connectivity index (χ0) is 16.3. The molecule has 1 amide bonds. The number of rotatable bonds is 5. The van der Waals surface area contributed by atoms with Crippen molar-refractivity contribution in [3.63, 3.8) is 0 Å². The van der Waals surface area contributed by atoms with Crippen LogP contribution in [0.5, 0.6) is 5.75 Å². The maximum atomic E-state index is 12.1. The zero-order valence-corrected chi connectivity index (χ0v) is 13.8. The number of aryl methyl sites for hydroxylation is 1. The minimum absolute atomic E-state index is 0.128. The van der Waals surface area contributed by atoms with Gasteiger partial charge < -0.3 is 4.74 Å². The van der Waals surface area contributed by atoms with E-state index in [2.05, 4.69) is 10.3 Å². The number of nitrogens with zero attached hydrogens (tertiary/aromatic N) is 1. The van der Waals surface area contributed by atoms with Gasteiger partial charge in [-0.15, -0.1) is 11.3 Å². The largest absolute Gasteiger partial charge is 0.481 e. The molecule has 0 saturated carbocycles. The minimum Gasteiger partial charge on any atom is -0.481 e. The number of ketones is 1. The fourth-order valence-corrected chi connectivity index (χ4v) is 2.55. The number of nitrogens with one attached hydrogen (secondary N) is 1. The molecule has 0 aliphatic heterocycles. The van der Waals surface area contributed by atoms with Crippen molar-refractivity contribution < 1.29 is 14.3 Å². The number of Topliss-reactive ketones (excluding diaryl/α,β-unsaturated/α-hetero) is 1. The molecule has 0 spiro atoms. The molecule has 0 aliphatic carbocycles. The van der Waals surface area contributed by atoms with E-state index in [9.17, 15) is 9.59 Å². The normalized spacial score (nSPS) is 11.8. The highest BCUT2D eigenvalue weighted by Crippen LogP contribution is 2.22. The number of carbonyl (C=O) groups excluding carboxylic acids is 2. The van der Waals surface area contributed by atoms with Gasteiger partial charge in [-0.2, -0.15) is 0 Å². The second-order valence-corrected chi connectivity index (χ2v) is 5.90. The molecule has 0 fully saturated rings. The molecule has 22 heavy (non-hydrogen) atoms. The van der Waals surface area contributed by atoms with E-state index in [0.29, 0.717) is 16.6 Å². The fraction of sp³-hybridized carbons (Fsp3) is 0.312. The minimum atomic E-state index is -0.662. The van der Waals surface area contributed by atoms with Crippen molar-refractivity contribution in [1.82, 2.24) is 4.98 Å². The van der Waals surface area contributed by atoms with Gasteiger partial charge in [0.05, 0.1) is 0 Å². The van der Waals surface area contributed by atoms with Gasteiger partial charge in [0, 0.05) is 12.3 Å². The summed E-state index contributed by atoms with van der Waals surface area (Å²) < 4.78 is 5.71. The monoisotopic (exact) mass is 318 g/mol. The Hall–Kier alpha value is -2.21. The number of benzene rings is 1. The van der Waals surface area contributed by atoms with Crippen LogP contribution in [-0.4, -0.2) is 22.8 Å². The fourth-order valence-electron chi connectivity index (χ4n) is 1.80. The van der Waals surface area contributed by atoms with Gasteiger partial charge in [-0.3, -0.25) is 14.9 Å². The molecule has 0 bridgehead atoms. The van der Waals surface area contributed by atoms with Gasteiger partial charge >= 0.3 is 0 Å². The lowest BCUT2D eigenvalue weighted by Gasteiger charge is -2.16. The number of amides is 1. The van der Waals surface area contributed by atoms with E-state index in [4.69, 9.17) is 4.74 Å². The third kappa shape index (κ3) is 3.71. The summed E-state index contributed by atoms with van der Waals surface area (Å²) >= 11 is 1.22. The summed E-state index contributed by atoms with van der Waals surface area (Å²) in [4.78, 5) is 27.4. The van der Waals surface area contributed by atoms with E-state index in [-0.39, 0.29) is 11.7 Å². The van der Waals surface area contributed by atoms with Gasteiger partial charge in [0.1, 0.15) is 11.4 Å². The van der Waals surface area contributed by atoms with Gasteiger partial charge in [-0.25, -0.2) is 4.98 Å². The number of hydrogen-bond donors (Lipinski definition) is 1. The van der Waals surface area contributed by atoms with Crippen LogP contribution in [-0.2, 0) is 4.79 Å². The standard InChI is InChI=1S/C16H18N2O3S/c1-9-6-5-7-14(10(9)2)21-12(4)15(20)18-16-17-13(8-22-16)11(3)19/h5-8,12H,1-4H3,(H,17,18,20). The van der Waals surface area contributed by atoms with Gasteiger partial charge in [0.2, 0.25) is 0 Å². The van der Waals surface area contributed by atoms with Crippen LogP contribution in [0.3, 0.4) is 0 Å². The van der Waals surface area contributed by atoms with E-state index in [0.717, 1.165) is 11.1 Å². The molecule has 1 N–H and O–H groups in total. The van der Waals surface area contributed by atoms with Crippen molar-refractivity contribution in [2.75, 3.05) is 5.32 Å². The third-order valence-corrected chi connectivity index (χ3v) is 4.08. The average Bonchev–Trinajstić information content (AvgIpc) is 2.92. The van der Waals surface area contributed by atoms with Crippen LogP contribution in [0.1, 0.15) is 35.5 Å². The molecule has 116 valence electrons. The second kappa shape index (κ2) is 6.70. The maximum Gasteiger partial charge on any atom is 0.266 e. The van der Waals surface area contributed by atoms with Crippen LogP contribution in [0.2, 0.25) is 0 Å². The molecule has 1 heterocycles. The second-order valence-electron chi connectivity index (χ2n) is 5.04. The highest BCUT2D eigenvalue weighted by molar-refractivity contribution is 7.14. The quantitative estimate of drug-likeness (QED) is 0.858. The summed E-state index contributed by atoms with van der Waals surface area (Å²) in [6.45, 7) is 7.06. The molecular weight excluding hydrogens is 300 g/mol. The predicted molar refractivity (Wildman–Crippen MR) is 86.8 cm³/mol. The Balaban J connectivity index is 2.02. The topological polar surface area (TPSA) is 68.3 Å². The first-order chi connectivity index (χ1) is 10.4. The first-order valence-electron chi connectivity index (χ1n) is 6.88. The maximum absolute atomic E-state index is 12.1. The molecule has 1 unspecified atom stereocenters. The van der Waals surface area contributed by atoms with Crippen molar-refractivity contribution in [2.24, 2.45) is 0 Å². The summed E-state index contributed by atoms with van der Waals surface area (Å²) in [6.07, 6.45) is -0.662. The van der Waals surface area contributed by atoms with Gasteiger partial charge in [-0.1, -0.05) is 12.1 Å². The Kier molecular flexibility index (Phi) is 4.92. The van der Waals surface area contributed by atoms with Crippen molar-refractivity contribution in [2.45, 2.75) is 33.8 Å². The van der Waals surface area contributed by atoms with E-state index >= 15 is 0 Å². The number of aromatic nitrogens is 1. The van der Waals surface area contributed by atoms with E-state index in [1.807, 2.05) is 32.0 Å². The van der Waals surface area contributed by atoms with Crippen molar-refractivity contribution in [3.8, 4) is 5.75 Å². The summed E-state index contributed by atoms with van der Waals surface area (Å²) in [5.74, 6) is 0.257. The molecule has 1 aromatic heterocycles. The van der Waals surface area contributed by atoms with Crippen molar-refractivity contribution in [3.05, 3.63) is 40.4 Å². The molecule has 0 aliphatic rings. The van der Waals surface area contributed by atoms with Gasteiger partial charge in [0.25, 0.3) is 5.91 Å².